The summed E-state index contributed by atoms with van der Waals surface area (Å²) in [7, 11) is 0. The van der Waals surface area contributed by atoms with Crippen LogP contribution in [0.3, 0.4) is 0 Å². The first-order valence-electron chi connectivity index (χ1n) is 12.1. The number of amides is 2. The highest BCUT2D eigenvalue weighted by atomic mass is 16.1. The van der Waals surface area contributed by atoms with Crippen LogP contribution < -0.4 is 11.1 Å². The van der Waals surface area contributed by atoms with Crippen molar-refractivity contribution in [2.75, 3.05) is 6.54 Å². The van der Waals surface area contributed by atoms with Crippen LogP contribution in [0.1, 0.15) is 122 Å². The summed E-state index contributed by atoms with van der Waals surface area (Å²) in [6.45, 7) is 26.5. The third-order valence-corrected chi connectivity index (χ3v) is 3.13. The highest BCUT2D eigenvalue weighted by Gasteiger charge is 2.16. The van der Waals surface area contributed by atoms with E-state index in [-0.39, 0.29) is 24.2 Å². The van der Waals surface area contributed by atoms with Crippen molar-refractivity contribution in [1.82, 2.24) is 5.32 Å². The van der Waals surface area contributed by atoms with E-state index < -0.39 is 0 Å². The molecule has 0 aromatic carbocycles. The van der Waals surface area contributed by atoms with Gasteiger partial charge in [0.05, 0.1) is 6.54 Å². The van der Waals surface area contributed by atoms with Gasteiger partial charge in [-0.2, -0.15) is 0 Å². The quantitative estimate of drug-likeness (QED) is 0.371. The van der Waals surface area contributed by atoms with E-state index in [9.17, 15) is 14.4 Å². The van der Waals surface area contributed by atoms with Crippen LogP contribution in [0.25, 0.3) is 0 Å². The lowest BCUT2D eigenvalue weighted by molar-refractivity contribution is -0.122. The fourth-order valence-electron chi connectivity index (χ4n) is 1.66. The van der Waals surface area contributed by atoms with Gasteiger partial charge in [0.2, 0.25) is 12.3 Å². The molecule has 3 N–H and O–H groups in total. The second kappa shape index (κ2) is 41.9. The number of carbonyl (C=O) groups is 3. The van der Waals surface area contributed by atoms with Crippen molar-refractivity contribution in [3.63, 3.8) is 0 Å². The SMILES string of the molecule is CC.CC.CC.CC(=O)CNC=O.CC(C)C.CCCCC(CC(C)CC)C(N)=O. The Labute approximate surface area is 190 Å². The zero-order chi connectivity index (χ0) is 25.5. The van der Waals surface area contributed by atoms with Gasteiger partial charge >= 0.3 is 0 Å². The molecule has 0 aromatic rings. The highest BCUT2D eigenvalue weighted by molar-refractivity contribution is 5.79. The molecule has 30 heavy (non-hydrogen) atoms. The molecule has 186 valence electrons. The molecular weight excluding hydrogens is 376 g/mol. The van der Waals surface area contributed by atoms with Gasteiger partial charge in [-0.1, -0.05) is 102 Å². The number of Topliss-reactive ketones (excluding diaryl/α,β-unsaturated/α-hetero) is 1. The Kier molecular flexibility index (Phi) is 59.5. The third kappa shape index (κ3) is 63.3. The van der Waals surface area contributed by atoms with Gasteiger partial charge in [-0.05, 0) is 31.6 Å². The van der Waals surface area contributed by atoms with Crippen LogP contribution in [0, 0.1) is 17.8 Å². The van der Waals surface area contributed by atoms with Gasteiger partial charge in [0.25, 0.3) is 0 Å². The minimum absolute atomic E-state index is 0.0351. The first-order chi connectivity index (χ1) is 14.1. The third-order valence-electron chi connectivity index (χ3n) is 3.13. The molecule has 0 fully saturated rings. The van der Waals surface area contributed by atoms with Crippen LogP contribution >= 0.6 is 0 Å². The standard InChI is InChI=1S/C11H23NO.C4H7NO2.C4H10.3C2H6/c1-4-6-7-10(11(12)13)8-9(3)5-2;1-4(7)2-5-3-6;1-4(2)3;3*1-2/h9-10H,4-8H2,1-3H3,(H2,12,13);3H,2H2,1H3,(H,5,6);4H,1-3H3;3*1-2H3. The smallest absolute Gasteiger partial charge is 0.220 e. The molecular formula is C25H58N2O3. The van der Waals surface area contributed by atoms with Crippen LogP contribution in [0.15, 0.2) is 0 Å². The van der Waals surface area contributed by atoms with Crippen molar-refractivity contribution in [2.24, 2.45) is 23.5 Å². The van der Waals surface area contributed by atoms with E-state index in [1.165, 1.54) is 6.92 Å². The average Bonchev–Trinajstić information content (AvgIpc) is 2.73. The van der Waals surface area contributed by atoms with Gasteiger partial charge in [0, 0.05) is 5.92 Å². The fourth-order valence-corrected chi connectivity index (χ4v) is 1.66. The highest BCUT2D eigenvalue weighted by Crippen LogP contribution is 2.19. The van der Waals surface area contributed by atoms with Crippen molar-refractivity contribution in [1.29, 1.82) is 0 Å². The van der Waals surface area contributed by atoms with Gasteiger partial charge in [0.1, 0.15) is 5.78 Å². The summed E-state index contributed by atoms with van der Waals surface area (Å²) >= 11 is 0. The number of hydrogen-bond donors (Lipinski definition) is 2. The van der Waals surface area contributed by atoms with Crippen molar-refractivity contribution in [3.05, 3.63) is 0 Å². The van der Waals surface area contributed by atoms with Gasteiger partial charge in [-0.25, -0.2) is 0 Å². The molecule has 0 bridgehead atoms. The van der Waals surface area contributed by atoms with Gasteiger partial charge in [0.15, 0.2) is 0 Å². The summed E-state index contributed by atoms with van der Waals surface area (Å²) in [5.41, 5.74) is 5.34. The molecule has 0 radical (unpaired) electrons. The zero-order valence-corrected chi connectivity index (χ0v) is 22.9. The van der Waals surface area contributed by atoms with Crippen LogP contribution in [-0.4, -0.2) is 24.6 Å². The lowest BCUT2D eigenvalue weighted by atomic mass is 9.90. The van der Waals surface area contributed by atoms with Crippen LogP contribution in [0.5, 0.6) is 0 Å². The average molecular weight is 435 g/mol. The Balaban J connectivity index is -0.0000000714. The summed E-state index contributed by atoms with van der Waals surface area (Å²) in [4.78, 5) is 30.5. The summed E-state index contributed by atoms with van der Waals surface area (Å²) in [6, 6.07) is 0. The number of rotatable bonds is 10. The summed E-state index contributed by atoms with van der Waals surface area (Å²) in [6.07, 6.45) is 5.83. The molecule has 0 saturated heterocycles. The molecule has 0 heterocycles. The lowest BCUT2D eigenvalue weighted by Crippen LogP contribution is -2.24. The van der Waals surface area contributed by atoms with E-state index in [0.29, 0.717) is 12.3 Å². The minimum Gasteiger partial charge on any atom is -0.369 e. The predicted octanol–water partition coefficient (Wildman–Crippen LogP) is 6.78. The number of nitrogens with one attached hydrogen (secondary N) is 1. The summed E-state index contributed by atoms with van der Waals surface area (Å²) in [5.74, 6) is 1.41. The van der Waals surface area contributed by atoms with Gasteiger partial charge < -0.3 is 11.1 Å². The first-order valence-corrected chi connectivity index (χ1v) is 12.1. The van der Waals surface area contributed by atoms with E-state index in [1.54, 1.807) is 0 Å². The largest absolute Gasteiger partial charge is 0.369 e. The molecule has 2 atom stereocenters. The molecule has 0 aliphatic rings. The topological polar surface area (TPSA) is 89.3 Å². The molecule has 0 spiro atoms. The van der Waals surface area contributed by atoms with Crippen molar-refractivity contribution in [3.8, 4) is 0 Å². The van der Waals surface area contributed by atoms with E-state index in [2.05, 4.69) is 46.9 Å². The van der Waals surface area contributed by atoms with Crippen LogP contribution in [0.4, 0.5) is 0 Å². The number of primary amides is 1. The molecule has 5 heteroatoms. The number of carbonyl (C=O) groups excluding carboxylic acids is 3. The van der Waals surface area contributed by atoms with E-state index in [0.717, 1.165) is 38.0 Å². The zero-order valence-electron chi connectivity index (χ0n) is 22.9. The van der Waals surface area contributed by atoms with E-state index in [4.69, 9.17) is 5.73 Å². The monoisotopic (exact) mass is 434 g/mol. The molecule has 0 aliphatic heterocycles. The van der Waals surface area contributed by atoms with E-state index in [1.807, 2.05) is 41.5 Å². The van der Waals surface area contributed by atoms with Crippen molar-refractivity contribution < 1.29 is 14.4 Å². The predicted molar refractivity (Wildman–Crippen MR) is 136 cm³/mol. The molecule has 0 saturated carbocycles. The van der Waals surface area contributed by atoms with Crippen molar-refractivity contribution >= 4 is 18.1 Å². The Morgan fingerprint density at radius 1 is 0.933 bits per heavy atom. The number of ketones is 1. The Morgan fingerprint density at radius 3 is 1.53 bits per heavy atom. The summed E-state index contributed by atoms with van der Waals surface area (Å²) in [5, 5.41) is 2.22. The molecule has 0 aliphatic carbocycles. The Morgan fingerprint density at radius 2 is 1.33 bits per heavy atom. The lowest BCUT2D eigenvalue weighted by Gasteiger charge is -2.16. The maximum Gasteiger partial charge on any atom is 0.220 e. The second-order valence-electron chi connectivity index (χ2n) is 6.92. The fraction of sp³-hybridized carbons (Fsp3) is 0.880. The Hall–Kier alpha value is -1.39. The second-order valence-corrected chi connectivity index (χ2v) is 6.92. The van der Waals surface area contributed by atoms with Crippen molar-refractivity contribution in [2.45, 2.75) is 122 Å². The van der Waals surface area contributed by atoms with Crippen LogP contribution in [-0.2, 0) is 14.4 Å². The number of nitrogens with two attached hydrogens (primary N) is 1. The number of unbranched alkanes of at least 4 members (excludes halogenated alkanes) is 1. The van der Waals surface area contributed by atoms with Crippen LogP contribution in [0.2, 0.25) is 0 Å². The van der Waals surface area contributed by atoms with E-state index >= 15 is 0 Å². The summed E-state index contributed by atoms with van der Waals surface area (Å²) < 4.78 is 0. The van der Waals surface area contributed by atoms with Gasteiger partial charge in [-0.15, -0.1) is 0 Å². The number of hydrogen-bond acceptors (Lipinski definition) is 3. The maximum absolute atomic E-state index is 11.1. The minimum atomic E-state index is -0.117. The first kappa shape index (κ1) is 42.7. The molecule has 2 unspecified atom stereocenters. The molecule has 0 aromatic heterocycles. The Bertz CT molecular complexity index is 317. The van der Waals surface area contributed by atoms with Gasteiger partial charge in [-0.3, -0.25) is 14.4 Å². The maximum atomic E-state index is 11.1. The molecule has 5 nitrogen and oxygen atoms in total. The molecule has 0 rings (SSSR count). The normalized spacial score (nSPS) is 10.2. The molecule has 2 amide bonds.